The summed E-state index contributed by atoms with van der Waals surface area (Å²) in [7, 11) is 1.67. The van der Waals surface area contributed by atoms with Gasteiger partial charge >= 0.3 is 0 Å². The Morgan fingerprint density at radius 1 is 1.25 bits per heavy atom. The van der Waals surface area contributed by atoms with Crippen molar-refractivity contribution in [2.75, 3.05) is 12.8 Å². The highest BCUT2D eigenvalue weighted by Gasteiger charge is 2.33. The molecular formula is C16H21N3O. The average Bonchev–Trinajstić information content (AvgIpc) is 2.77. The van der Waals surface area contributed by atoms with Gasteiger partial charge in [0.15, 0.2) is 0 Å². The van der Waals surface area contributed by atoms with Crippen molar-refractivity contribution < 1.29 is 4.74 Å². The lowest BCUT2D eigenvalue weighted by atomic mass is 9.75. The molecule has 0 unspecified atom stereocenters. The summed E-state index contributed by atoms with van der Waals surface area (Å²) in [6.07, 6.45) is 3.36. The van der Waals surface area contributed by atoms with E-state index in [9.17, 15) is 0 Å². The predicted molar refractivity (Wildman–Crippen MR) is 80.5 cm³/mol. The highest BCUT2D eigenvalue weighted by atomic mass is 16.5. The second-order valence-electron chi connectivity index (χ2n) is 6.05. The topological polar surface area (TPSA) is 53.1 Å². The van der Waals surface area contributed by atoms with E-state index in [2.05, 4.69) is 13.8 Å². The van der Waals surface area contributed by atoms with Crippen molar-refractivity contribution in [3.63, 3.8) is 0 Å². The Kier molecular flexibility index (Phi) is 2.96. The minimum absolute atomic E-state index is 0.113. The minimum Gasteiger partial charge on any atom is -0.497 e. The Morgan fingerprint density at radius 2 is 1.95 bits per heavy atom. The number of aryl methyl sites for hydroxylation is 1. The van der Waals surface area contributed by atoms with Crippen LogP contribution in [0.5, 0.6) is 5.75 Å². The molecule has 4 nitrogen and oxygen atoms in total. The van der Waals surface area contributed by atoms with Crippen LogP contribution in [0.2, 0.25) is 0 Å². The first kappa shape index (κ1) is 13.0. The summed E-state index contributed by atoms with van der Waals surface area (Å²) in [5.74, 6) is 1.61. The molecule has 2 aromatic rings. The maximum atomic E-state index is 6.37. The average molecular weight is 271 g/mol. The minimum atomic E-state index is 0.113. The number of fused-ring (bicyclic) bond motifs is 1. The molecule has 106 valence electrons. The Labute approximate surface area is 119 Å². The first-order valence-electron chi connectivity index (χ1n) is 7.05. The van der Waals surface area contributed by atoms with Crippen LogP contribution in [-0.4, -0.2) is 16.9 Å². The molecule has 1 aromatic heterocycles. The molecule has 0 fully saturated rings. The predicted octanol–water partition coefficient (Wildman–Crippen LogP) is 3.08. The Bertz CT molecular complexity index is 626. The molecule has 0 radical (unpaired) electrons. The molecule has 1 aliphatic rings. The van der Waals surface area contributed by atoms with E-state index in [1.807, 2.05) is 28.9 Å². The van der Waals surface area contributed by atoms with E-state index < -0.39 is 0 Å². The lowest BCUT2D eigenvalue weighted by Gasteiger charge is -2.29. The van der Waals surface area contributed by atoms with Crippen molar-refractivity contribution in [3.05, 3.63) is 35.5 Å². The molecule has 1 aromatic carbocycles. The van der Waals surface area contributed by atoms with Gasteiger partial charge in [0.2, 0.25) is 0 Å². The van der Waals surface area contributed by atoms with E-state index in [4.69, 9.17) is 15.6 Å². The third-order valence-electron chi connectivity index (χ3n) is 4.20. The van der Waals surface area contributed by atoms with E-state index in [1.165, 1.54) is 18.4 Å². The summed E-state index contributed by atoms with van der Waals surface area (Å²) in [6, 6.07) is 7.84. The zero-order valence-corrected chi connectivity index (χ0v) is 12.3. The van der Waals surface area contributed by atoms with Gasteiger partial charge in [-0.05, 0) is 48.9 Å². The van der Waals surface area contributed by atoms with E-state index in [-0.39, 0.29) is 5.41 Å². The summed E-state index contributed by atoms with van der Waals surface area (Å²) >= 11 is 0. The number of hydrogen-bond donors (Lipinski definition) is 1. The fraction of sp³-hybridized carbons (Fsp3) is 0.438. The van der Waals surface area contributed by atoms with Crippen LogP contribution in [-0.2, 0) is 11.8 Å². The summed E-state index contributed by atoms with van der Waals surface area (Å²) in [4.78, 5) is 0. The molecule has 0 aliphatic heterocycles. The molecule has 2 N–H and O–H groups in total. The summed E-state index contributed by atoms with van der Waals surface area (Å²) in [5.41, 5.74) is 9.83. The summed E-state index contributed by atoms with van der Waals surface area (Å²) in [5, 5.41) is 4.72. The summed E-state index contributed by atoms with van der Waals surface area (Å²) < 4.78 is 7.05. The molecule has 0 spiro atoms. The second kappa shape index (κ2) is 4.54. The number of hydrogen-bond acceptors (Lipinski definition) is 3. The Balaban J connectivity index is 2.09. The van der Waals surface area contributed by atoms with Crippen LogP contribution < -0.4 is 10.5 Å². The number of nitrogens with zero attached hydrogens (tertiary/aromatic N) is 2. The zero-order valence-electron chi connectivity index (χ0n) is 12.3. The number of ether oxygens (including phenoxy) is 1. The smallest absolute Gasteiger partial charge is 0.131 e. The van der Waals surface area contributed by atoms with Crippen molar-refractivity contribution in [1.29, 1.82) is 0 Å². The van der Waals surface area contributed by atoms with Crippen LogP contribution in [0.15, 0.2) is 24.3 Å². The maximum absolute atomic E-state index is 6.37. The van der Waals surface area contributed by atoms with Gasteiger partial charge in [0.1, 0.15) is 11.6 Å². The van der Waals surface area contributed by atoms with Crippen molar-refractivity contribution >= 4 is 5.82 Å². The van der Waals surface area contributed by atoms with Crippen molar-refractivity contribution in [3.8, 4) is 11.4 Å². The standard InChI is InChI=1S/C16H21N3O/c1-16(2)10-4-5-13-14(16)15(17)19(18-13)11-6-8-12(20-3)9-7-11/h6-9H,4-5,10,17H2,1-3H3. The van der Waals surface area contributed by atoms with E-state index in [0.717, 1.165) is 29.4 Å². The van der Waals surface area contributed by atoms with Crippen molar-refractivity contribution in [2.45, 2.75) is 38.5 Å². The molecule has 0 saturated carbocycles. The number of nitrogens with two attached hydrogens (primary N) is 1. The highest BCUT2D eigenvalue weighted by Crippen LogP contribution is 2.40. The highest BCUT2D eigenvalue weighted by molar-refractivity contribution is 5.54. The molecule has 0 atom stereocenters. The quantitative estimate of drug-likeness (QED) is 0.913. The van der Waals surface area contributed by atoms with Crippen molar-refractivity contribution in [1.82, 2.24) is 9.78 Å². The fourth-order valence-corrected chi connectivity index (χ4v) is 3.13. The van der Waals surface area contributed by atoms with E-state index in [0.29, 0.717) is 0 Å². The van der Waals surface area contributed by atoms with Crippen LogP contribution in [0, 0.1) is 0 Å². The third-order valence-corrected chi connectivity index (χ3v) is 4.20. The first-order valence-corrected chi connectivity index (χ1v) is 7.05. The molecule has 0 amide bonds. The van der Waals surface area contributed by atoms with Crippen LogP contribution in [0.1, 0.15) is 37.9 Å². The van der Waals surface area contributed by atoms with Crippen LogP contribution >= 0.6 is 0 Å². The second-order valence-corrected chi connectivity index (χ2v) is 6.05. The van der Waals surface area contributed by atoms with E-state index in [1.54, 1.807) is 7.11 Å². The number of methoxy groups -OCH3 is 1. The molecular weight excluding hydrogens is 250 g/mol. The lowest BCUT2D eigenvalue weighted by molar-refractivity contribution is 0.414. The third kappa shape index (κ3) is 1.96. The Hall–Kier alpha value is -1.97. The largest absolute Gasteiger partial charge is 0.497 e. The van der Waals surface area contributed by atoms with Gasteiger partial charge in [-0.2, -0.15) is 5.10 Å². The normalized spacial score (nSPS) is 16.8. The van der Waals surface area contributed by atoms with E-state index >= 15 is 0 Å². The monoisotopic (exact) mass is 271 g/mol. The molecule has 3 rings (SSSR count). The van der Waals surface area contributed by atoms with Gasteiger partial charge in [-0.3, -0.25) is 0 Å². The van der Waals surface area contributed by atoms with Crippen LogP contribution in [0.25, 0.3) is 5.69 Å². The number of benzene rings is 1. The van der Waals surface area contributed by atoms with Gasteiger partial charge in [-0.1, -0.05) is 13.8 Å². The van der Waals surface area contributed by atoms with Gasteiger partial charge in [-0.25, -0.2) is 4.68 Å². The molecule has 20 heavy (non-hydrogen) atoms. The number of rotatable bonds is 2. The van der Waals surface area contributed by atoms with Gasteiger partial charge in [0, 0.05) is 5.56 Å². The van der Waals surface area contributed by atoms with Gasteiger partial charge in [-0.15, -0.1) is 0 Å². The summed E-state index contributed by atoms with van der Waals surface area (Å²) in [6.45, 7) is 4.50. The first-order chi connectivity index (χ1) is 9.53. The van der Waals surface area contributed by atoms with Crippen molar-refractivity contribution in [2.24, 2.45) is 0 Å². The molecule has 0 saturated heterocycles. The van der Waals surface area contributed by atoms with Crippen LogP contribution in [0.3, 0.4) is 0 Å². The van der Waals surface area contributed by atoms with Gasteiger partial charge < -0.3 is 10.5 Å². The van der Waals surface area contributed by atoms with Gasteiger partial charge in [0.05, 0.1) is 18.5 Å². The number of anilines is 1. The lowest BCUT2D eigenvalue weighted by Crippen LogP contribution is -2.24. The number of nitrogen functional groups attached to an aromatic ring is 1. The number of aromatic nitrogens is 2. The molecule has 0 bridgehead atoms. The molecule has 4 heteroatoms. The van der Waals surface area contributed by atoms with Crippen LogP contribution in [0.4, 0.5) is 5.82 Å². The maximum Gasteiger partial charge on any atom is 0.131 e. The molecule has 1 heterocycles. The molecule has 1 aliphatic carbocycles. The fourth-order valence-electron chi connectivity index (χ4n) is 3.13. The SMILES string of the molecule is COc1ccc(-n2nc3c(c2N)C(C)(C)CCC3)cc1. The van der Waals surface area contributed by atoms with Gasteiger partial charge in [0.25, 0.3) is 0 Å². The Morgan fingerprint density at radius 3 is 2.55 bits per heavy atom. The zero-order chi connectivity index (χ0) is 14.3.